The molecule has 178 valence electrons. The summed E-state index contributed by atoms with van der Waals surface area (Å²) in [6.45, 7) is 2.14. The lowest BCUT2D eigenvalue weighted by atomic mass is 9.97. The molecule has 2 fully saturated rings. The number of nitrogens with one attached hydrogen (secondary N) is 1. The smallest absolute Gasteiger partial charge is 0.277 e. The third kappa shape index (κ3) is 4.00. The number of halogens is 2. The molecule has 0 bridgehead atoms. The lowest BCUT2D eigenvalue weighted by molar-refractivity contribution is -0.0228. The van der Waals surface area contributed by atoms with E-state index in [-0.39, 0.29) is 35.0 Å². The number of rotatable bonds is 6. The Labute approximate surface area is 198 Å². The van der Waals surface area contributed by atoms with E-state index in [0.717, 1.165) is 5.56 Å². The third-order valence-electron chi connectivity index (χ3n) is 6.22. The molecule has 0 radical (unpaired) electrons. The maximum atomic E-state index is 14.6. The summed E-state index contributed by atoms with van der Waals surface area (Å²) in [7, 11) is 0. The molecule has 8 nitrogen and oxygen atoms in total. The van der Waals surface area contributed by atoms with Crippen molar-refractivity contribution in [2.24, 2.45) is 0 Å². The summed E-state index contributed by atoms with van der Waals surface area (Å²) in [5.41, 5.74) is 2.61. The van der Waals surface area contributed by atoms with Crippen molar-refractivity contribution in [3.05, 3.63) is 77.9 Å². The monoisotopic (exact) mass is 478 g/mol. The number of imidazole rings is 1. The van der Waals surface area contributed by atoms with Gasteiger partial charge in [0.1, 0.15) is 29.3 Å². The van der Waals surface area contributed by atoms with Crippen LogP contribution in [0.4, 0.5) is 14.5 Å². The van der Waals surface area contributed by atoms with E-state index in [9.17, 15) is 13.6 Å². The number of anilines is 1. The first-order chi connectivity index (χ1) is 17.1. The van der Waals surface area contributed by atoms with Gasteiger partial charge in [0.25, 0.3) is 5.91 Å². The number of benzene rings is 2. The van der Waals surface area contributed by atoms with Gasteiger partial charge in [0.15, 0.2) is 5.69 Å². The van der Waals surface area contributed by atoms with Gasteiger partial charge in [-0.1, -0.05) is 6.07 Å². The van der Waals surface area contributed by atoms with Gasteiger partial charge in [0, 0.05) is 11.5 Å². The van der Waals surface area contributed by atoms with E-state index >= 15 is 0 Å². The first-order valence-electron chi connectivity index (χ1n) is 11.1. The normalized spacial score (nSPS) is 16.1. The van der Waals surface area contributed by atoms with Crippen LogP contribution in [-0.4, -0.2) is 46.9 Å². The van der Waals surface area contributed by atoms with Crippen LogP contribution >= 0.6 is 0 Å². The zero-order chi connectivity index (χ0) is 23.9. The van der Waals surface area contributed by atoms with Gasteiger partial charge in [0.2, 0.25) is 5.89 Å². The van der Waals surface area contributed by atoms with Gasteiger partial charge in [0.05, 0.1) is 44.5 Å². The minimum Gasteiger partial charge on any atom is -0.442 e. The number of ether oxygens (including phenoxy) is 2. The second-order valence-electron chi connectivity index (χ2n) is 8.51. The molecule has 2 aliphatic rings. The molecule has 0 spiro atoms. The SMILES string of the molecule is O=C(Nc1ccc(C2COC2)cc1F)c1coc(-c2c(-c3ccc(F)cc3)ncn2C2COC2)n1. The first-order valence-corrected chi connectivity index (χ1v) is 11.1. The molecule has 0 saturated carbocycles. The summed E-state index contributed by atoms with van der Waals surface area (Å²) in [6, 6.07) is 10.7. The van der Waals surface area contributed by atoms with E-state index in [4.69, 9.17) is 13.9 Å². The van der Waals surface area contributed by atoms with Crippen LogP contribution < -0.4 is 5.32 Å². The molecule has 1 amide bonds. The van der Waals surface area contributed by atoms with Gasteiger partial charge in [-0.3, -0.25) is 4.79 Å². The Balaban J connectivity index is 1.28. The molecule has 10 heteroatoms. The van der Waals surface area contributed by atoms with Crippen LogP contribution in [0.25, 0.3) is 22.8 Å². The zero-order valence-corrected chi connectivity index (χ0v) is 18.4. The lowest BCUT2D eigenvalue weighted by Crippen LogP contribution is -2.30. The second kappa shape index (κ2) is 8.71. The summed E-state index contributed by atoms with van der Waals surface area (Å²) < 4.78 is 46.0. The number of hydrogen-bond donors (Lipinski definition) is 1. The van der Waals surface area contributed by atoms with E-state index in [1.165, 1.54) is 30.5 Å². The fraction of sp³-hybridized carbons (Fsp3) is 0.240. The van der Waals surface area contributed by atoms with Gasteiger partial charge in [-0.15, -0.1) is 0 Å². The number of amides is 1. The van der Waals surface area contributed by atoms with Crippen LogP contribution in [0.15, 0.2) is 59.5 Å². The Kier molecular flexibility index (Phi) is 5.39. The number of carbonyl (C=O) groups excluding carboxylic acids is 1. The summed E-state index contributed by atoms with van der Waals surface area (Å²) in [4.78, 5) is 21.7. The molecule has 35 heavy (non-hydrogen) atoms. The highest BCUT2D eigenvalue weighted by molar-refractivity contribution is 6.03. The van der Waals surface area contributed by atoms with Crippen LogP contribution in [0.2, 0.25) is 0 Å². The molecule has 2 aromatic carbocycles. The van der Waals surface area contributed by atoms with Crippen molar-refractivity contribution in [2.45, 2.75) is 12.0 Å². The summed E-state index contributed by atoms with van der Waals surface area (Å²) in [6.07, 6.45) is 2.86. The van der Waals surface area contributed by atoms with E-state index in [1.807, 2.05) is 4.57 Å². The van der Waals surface area contributed by atoms with Crippen molar-refractivity contribution < 1.29 is 27.5 Å². The molecule has 6 rings (SSSR count). The van der Waals surface area contributed by atoms with Crippen molar-refractivity contribution in [3.63, 3.8) is 0 Å². The standard InChI is InChI=1S/C25H20F2N4O4/c26-17-4-1-14(2-5-17)22-23(31(13-28-22)18-10-34-11-18)25-30-21(12-35-25)24(32)29-20-6-3-15(7-19(20)27)16-8-33-9-16/h1-7,12-13,16,18H,8-11H2,(H,29,32). The lowest BCUT2D eigenvalue weighted by Gasteiger charge is -2.28. The molecule has 0 unspecified atom stereocenters. The fourth-order valence-electron chi connectivity index (χ4n) is 4.04. The first kappa shape index (κ1) is 21.6. The molecule has 0 atom stereocenters. The predicted octanol–water partition coefficient (Wildman–Crippen LogP) is 4.42. The predicted molar refractivity (Wildman–Crippen MR) is 121 cm³/mol. The maximum Gasteiger partial charge on any atom is 0.277 e. The molecule has 4 aromatic rings. The molecular weight excluding hydrogens is 458 g/mol. The average molecular weight is 478 g/mol. The summed E-state index contributed by atoms with van der Waals surface area (Å²) in [5, 5.41) is 2.55. The Hall–Kier alpha value is -3.89. The largest absolute Gasteiger partial charge is 0.442 e. The van der Waals surface area contributed by atoms with Crippen molar-refractivity contribution >= 4 is 11.6 Å². The third-order valence-corrected chi connectivity index (χ3v) is 6.22. The average Bonchev–Trinajstić information content (AvgIpc) is 3.41. The van der Waals surface area contributed by atoms with Gasteiger partial charge in [-0.05, 0) is 42.0 Å². The highest BCUT2D eigenvalue weighted by Gasteiger charge is 2.29. The van der Waals surface area contributed by atoms with Crippen molar-refractivity contribution in [2.75, 3.05) is 31.7 Å². The summed E-state index contributed by atoms with van der Waals surface area (Å²) in [5.74, 6) is -1.17. The fourth-order valence-corrected chi connectivity index (χ4v) is 4.04. The van der Waals surface area contributed by atoms with Gasteiger partial charge >= 0.3 is 0 Å². The zero-order valence-electron chi connectivity index (χ0n) is 18.4. The summed E-state index contributed by atoms with van der Waals surface area (Å²) >= 11 is 0. The van der Waals surface area contributed by atoms with Crippen LogP contribution in [0.3, 0.4) is 0 Å². The highest BCUT2D eigenvalue weighted by atomic mass is 19.1. The van der Waals surface area contributed by atoms with Crippen LogP contribution in [-0.2, 0) is 9.47 Å². The van der Waals surface area contributed by atoms with Crippen LogP contribution in [0, 0.1) is 11.6 Å². The van der Waals surface area contributed by atoms with Crippen LogP contribution in [0.5, 0.6) is 0 Å². The molecular formula is C25H20F2N4O4. The van der Waals surface area contributed by atoms with E-state index < -0.39 is 11.7 Å². The maximum absolute atomic E-state index is 14.6. The van der Waals surface area contributed by atoms with Gasteiger partial charge in [-0.2, -0.15) is 0 Å². The van der Waals surface area contributed by atoms with E-state index in [2.05, 4.69) is 15.3 Å². The van der Waals surface area contributed by atoms with Gasteiger partial charge in [-0.25, -0.2) is 18.7 Å². The van der Waals surface area contributed by atoms with Crippen LogP contribution in [0.1, 0.15) is 28.0 Å². The Morgan fingerprint density at radius 2 is 1.80 bits per heavy atom. The van der Waals surface area contributed by atoms with E-state index in [0.29, 0.717) is 43.4 Å². The van der Waals surface area contributed by atoms with Gasteiger partial charge < -0.3 is 23.8 Å². The molecule has 2 aliphatic heterocycles. The minimum atomic E-state index is -0.611. The number of hydrogen-bond acceptors (Lipinski definition) is 6. The number of carbonyl (C=O) groups is 1. The topological polar surface area (TPSA) is 91.4 Å². The van der Waals surface area contributed by atoms with Crippen molar-refractivity contribution in [1.29, 1.82) is 0 Å². The van der Waals surface area contributed by atoms with Crippen molar-refractivity contribution in [1.82, 2.24) is 14.5 Å². The second-order valence-corrected chi connectivity index (χ2v) is 8.51. The molecule has 4 heterocycles. The minimum absolute atomic E-state index is 0.0152. The van der Waals surface area contributed by atoms with Crippen molar-refractivity contribution in [3.8, 4) is 22.8 Å². The number of nitrogens with zero attached hydrogens (tertiary/aromatic N) is 3. The Bertz CT molecular complexity index is 1390. The quantitative estimate of drug-likeness (QED) is 0.441. The van der Waals surface area contributed by atoms with E-state index in [1.54, 1.807) is 24.5 Å². The number of aromatic nitrogens is 3. The molecule has 1 N–H and O–H groups in total. The molecule has 2 saturated heterocycles. The number of oxazole rings is 1. The molecule has 0 aliphatic carbocycles. The molecule has 2 aromatic heterocycles. The Morgan fingerprint density at radius 3 is 2.46 bits per heavy atom. The highest BCUT2D eigenvalue weighted by Crippen LogP contribution is 2.35. The Morgan fingerprint density at radius 1 is 1.03 bits per heavy atom.